The molecule has 0 radical (unpaired) electrons. The Kier molecular flexibility index (Phi) is 4.33. The first-order valence-corrected chi connectivity index (χ1v) is 6.01. The van der Waals surface area contributed by atoms with Crippen molar-refractivity contribution < 1.29 is 4.52 Å². The van der Waals surface area contributed by atoms with E-state index in [4.69, 9.17) is 4.52 Å². The monoisotopic (exact) mass is 230 g/mol. The van der Waals surface area contributed by atoms with Crippen LogP contribution in [-0.4, -0.2) is 11.7 Å². The van der Waals surface area contributed by atoms with Crippen LogP contribution in [-0.2, 0) is 6.54 Å². The van der Waals surface area contributed by atoms with Crippen LogP contribution in [0.15, 0.2) is 47.2 Å². The van der Waals surface area contributed by atoms with Crippen LogP contribution in [0.1, 0.15) is 30.5 Å². The largest absolute Gasteiger partial charge is 0.364 e. The molecule has 1 atom stereocenters. The van der Waals surface area contributed by atoms with Gasteiger partial charge >= 0.3 is 0 Å². The van der Waals surface area contributed by atoms with Gasteiger partial charge in [-0.05, 0) is 24.4 Å². The molecule has 0 spiro atoms. The van der Waals surface area contributed by atoms with Crippen molar-refractivity contribution in [3.05, 3.63) is 53.9 Å². The summed E-state index contributed by atoms with van der Waals surface area (Å²) in [5.74, 6) is 0.584. The van der Waals surface area contributed by atoms with Crippen LogP contribution in [0, 0.1) is 0 Å². The van der Waals surface area contributed by atoms with Gasteiger partial charge in [0.25, 0.3) is 0 Å². The molecule has 0 amide bonds. The van der Waals surface area contributed by atoms with E-state index >= 15 is 0 Å². The number of benzene rings is 1. The maximum atomic E-state index is 4.77. The first kappa shape index (κ1) is 11.9. The Morgan fingerprint density at radius 2 is 2.06 bits per heavy atom. The van der Waals surface area contributed by atoms with E-state index in [0.29, 0.717) is 5.92 Å². The van der Waals surface area contributed by atoms with Gasteiger partial charge in [-0.3, -0.25) is 0 Å². The predicted octanol–water partition coefficient (Wildman–Crippen LogP) is 2.96. The highest BCUT2D eigenvalue weighted by atomic mass is 16.5. The molecule has 2 aromatic rings. The van der Waals surface area contributed by atoms with E-state index in [0.717, 1.165) is 25.2 Å². The van der Waals surface area contributed by atoms with Crippen molar-refractivity contribution in [1.29, 1.82) is 0 Å². The van der Waals surface area contributed by atoms with E-state index in [2.05, 4.69) is 47.7 Å². The van der Waals surface area contributed by atoms with E-state index in [9.17, 15) is 0 Å². The van der Waals surface area contributed by atoms with E-state index in [1.165, 1.54) is 5.56 Å². The molecule has 0 aliphatic carbocycles. The standard InChI is InChI=1S/C14H18N2O/c1-12(13-5-3-2-4-6-13)7-9-15-11-14-8-10-17-16-14/h2-6,8,10,12,15H,7,9,11H2,1H3. The topological polar surface area (TPSA) is 38.1 Å². The van der Waals surface area contributed by atoms with Crippen LogP contribution in [0.2, 0.25) is 0 Å². The summed E-state index contributed by atoms with van der Waals surface area (Å²) in [6, 6.07) is 12.5. The maximum Gasteiger partial charge on any atom is 0.124 e. The minimum atomic E-state index is 0.584. The van der Waals surface area contributed by atoms with Gasteiger partial charge in [0.05, 0.1) is 5.69 Å². The molecule has 1 unspecified atom stereocenters. The molecule has 0 fully saturated rings. The zero-order valence-electron chi connectivity index (χ0n) is 10.1. The van der Waals surface area contributed by atoms with Gasteiger partial charge in [-0.25, -0.2) is 0 Å². The third-order valence-corrected chi connectivity index (χ3v) is 2.92. The second-order valence-electron chi connectivity index (χ2n) is 4.27. The second kappa shape index (κ2) is 6.21. The third-order valence-electron chi connectivity index (χ3n) is 2.92. The molecule has 0 saturated carbocycles. The minimum absolute atomic E-state index is 0.584. The van der Waals surface area contributed by atoms with Gasteiger partial charge in [-0.1, -0.05) is 42.4 Å². The third kappa shape index (κ3) is 3.71. The lowest BCUT2D eigenvalue weighted by atomic mass is 9.98. The molecule has 17 heavy (non-hydrogen) atoms. The average molecular weight is 230 g/mol. The molecule has 0 aliphatic heterocycles. The van der Waals surface area contributed by atoms with Gasteiger partial charge < -0.3 is 9.84 Å². The van der Waals surface area contributed by atoms with Crippen LogP contribution in [0.3, 0.4) is 0 Å². The van der Waals surface area contributed by atoms with Gasteiger partial charge in [0.2, 0.25) is 0 Å². The number of nitrogens with one attached hydrogen (secondary N) is 1. The van der Waals surface area contributed by atoms with Crippen molar-refractivity contribution in [2.24, 2.45) is 0 Å². The fourth-order valence-electron chi connectivity index (χ4n) is 1.81. The molecule has 1 aromatic heterocycles. The Labute approximate surface area is 102 Å². The molecule has 3 nitrogen and oxygen atoms in total. The Balaban J connectivity index is 1.68. The molecular weight excluding hydrogens is 212 g/mol. The SMILES string of the molecule is CC(CCNCc1ccon1)c1ccccc1. The summed E-state index contributed by atoms with van der Waals surface area (Å²) in [6.45, 7) is 4.02. The number of aromatic nitrogens is 1. The summed E-state index contributed by atoms with van der Waals surface area (Å²) >= 11 is 0. The fraction of sp³-hybridized carbons (Fsp3) is 0.357. The van der Waals surface area contributed by atoms with E-state index in [1.807, 2.05) is 6.07 Å². The van der Waals surface area contributed by atoms with Crippen molar-refractivity contribution >= 4 is 0 Å². The molecule has 1 N–H and O–H groups in total. The second-order valence-corrected chi connectivity index (χ2v) is 4.27. The van der Waals surface area contributed by atoms with E-state index < -0.39 is 0 Å². The van der Waals surface area contributed by atoms with Crippen molar-refractivity contribution in [1.82, 2.24) is 10.5 Å². The summed E-state index contributed by atoms with van der Waals surface area (Å²) in [6.07, 6.45) is 2.73. The molecule has 0 aliphatic rings. The highest BCUT2D eigenvalue weighted by molar-refractivity contribution is 5.18. The Morgan fingerprint density at radius 1 is 1.24 bits per heavy atom. The van der Waals surface area contributed by atoms with Crippen LogP contribution >= 0.6 is 0 Å². The molecule has 1 aromatic carbocycles. The number of rotatable bonds is 6. The zero-order valence-corrected chi connectivity index (χ0v) is 10.1. The fourth-order valence-corrected chi connectivity index (χ4v) is 1.81. The smallest absolute Gasteiger partial charge is 0.124 e. The van der Waals surface area contributed by atoms with Crippen molar-refractivity contribution in [3.8, 4) is 0 Å². The Hall–Kier alpha value is -1.61. The van der Waals surface area contributed by atoms with Gasteiger partial charge in [0.15, 0.2) is 0 Å². The van der Waals surface area contributed by atoms with Crippen molar-refractivity contribution in [3.63, 3.8) is 0 Å². The van der Waals surface area contributed by atoms with Crippen molar-refractivity contribution in [2.45, 2.75) is 25.8 Å². The maximum absolute atomic E-state index is 4.77. The predicted molar refractivity (Wildman–Crippen MR) is 67.7 cm³/mol. The first-order valence-electron chi connectivity index (χ1n) is 6.01. The molecular formula is C14H18N2O. The van der Waals surface area contributed by atoms with Crippen LogP contribution < -0.4 is 5.32 Å². The highest BCUT2D eigenvalue weighted by Gasteiger charge is 2.04. The summed E-state index contributed by atoms with van der Waals surface area (Å²) in [7, 11) is 0. The van der Waals surface area contributed by atoms with Gasteiger partial charge in [-0.15, -0.1) is 0 Å². The lowest BCUT2D eigenvalue weighted by Gasteiger charge is -2.11. The molecule has 0 bridgehead atoms. The van der Waals surface area contributed by atoms with Crippen LogP contribution in [0.5, 0.6) is 0 Å². The normalized spacial score (nSPS) is 12.5. The summed E-state index contributed by atoms with van der Waals surface area (Å²) in [4.78, 5) is 0. The lowest BCUT2D eigenvalue weighted by molar-refractivity contribution is 0.408. The molecule has 2 rings (SSSR count). The highest BCUT2D eigenvalue weighted by Crippen LogP contribution is 2.17. The molecule has 90 valence electrons. The summed E-state index contributed by atoms with van der Waals surface area (Å²) in [5, 5.41) is 7.22. The number of hydrogen-bond acceptors (Lipinski definition) is 3. The summed E-state index contributed by atoms with van der Waals surface area (Å²) < 4.78 is 4.77. The number of hydrogen-bond donors (Lipinski definition) is 1. The van der Waals surface area contributed by atoms with Gasteiger partial charge in [-0.2, -0.15) is 0 Å². The lowest BCUT2D eigenvalue weighted by Crippen LogP contribution is -2.16. The van der Waals surface area contributed by atoms with Crippen molar-refractivity contribution in [2.75, 3.05) is 6.54 Å². The first-order chi connectivity index (χ1) is 8.36. The van der Waals surface area contributed by atoms with Gasteiger partial charge in [0.1, 0.15) is 6.26 Å². The number of nitrogens with zero attached hydrogens (tertiary/aromatic N) is 1. The van der Waals surface area contributed by atoms with Crippen LogP contribution in [0.25, 0.3) is 0 Å². The molecule has 0 saturated heterocycles. The van der Waals surface area contributed by atoms with Crippen LogP contribution in [0.4, 0.5) is 0 Å². The Morgan fingerprint density at radius 3 is 2.76 bits per heavy atom. The van der Waals surface area contributed by atoms with Gasteiger partial charge in [0, 0.05) is 12.6 Å². The average Bonchev–Trinajstić information content (AvgIpc) is 2.88. The Bertz CT molecular complexity index is 411. The van der Waals surface area contributed by atoms with E-state index in [-0.39, 0.29) is 0 Å². The molecule has 1 heterocycles. The zero-order chi connectivity index (χ0) is 11.9. The quantitative estimate of drug-likeness (QED) is 0.775. The molecule has 3 heteroatoms. The minimum Gasteiger partial charge on any atom is -0.364 e. The van der Waals surface area contributed by atoms with E-state index in [1.54, 1.807) is 6.26 Å². The summed E-state index contributed by atoms with van der Waals surface area (Å²) in [5.41, 5.74) is 2.35.